The number of rotatable bonds is 2. The fourth-order valence-electron chi connectivity index (χ4n) is 2.32. The predicted octanol–water partition coefficient (Wildman–Crippen LogP) is 2.34. The number of aromatic amines is 1. The van der Waals surface area contributed by atoms with Crippen molar-refractivity contribution in [1.29, 1.82) is 0 Å². The van der Waals surface area contributed by atoms with Crippen molar-refractivity contribution in [1.82, 2.24) is 15.1 Å². The molecule has 96 valence electrons. The molecule has 0 saturated heterocycles. The quantitative estimate of drug-likeness (QED) is 0.893. The van der Waals surface area contributed by atoms with Crippen LogP contribution in [0, 0.1) is 0 Å². The molecule has 2 aromatic rings. The summed E-state index contributed by atoms with van der Waals surface area (Å²) in [5.74, 6) is 0.0390. The minimum Gasteiger partial charge on any atom is -0.334 e. The van der Waals surface area contributed by atoms with Crippen molar-refractivity contribution in [2.75, 3.05) is 13.1 Å². The van der Waals surface area contributed by atoms with Crippen LogP contribution >= 0.6 is 0 Å². The van der Waals surface area contributed by atoms with Gasteiger partial charge < -0.3 is 4.90 Å². The molecule has 3 rings (SSSR count). The molecule has 0 saturated carbocycles. The van der Waals surface area contributed by atoms with Gasteiger partial charge in [-0.1, -0.05) is 36.4 Å². The van der Waals surface area contributed by atoms with E-state index in [0.717, 1.165) is 13.0 Å². The molecule has 0 unspecified atom stereocenters. The van der Waals surface area contributed by atoms with E-state index in [-0.39, 0.29) is 5.91 Å². The molecule has 1 aliphatic heterocycles. The summed E-state index contributed by atoms with van der Waals surface area (Å²) in [6.07, 6.45) is 6.24. The number of carbonyl (C=O) groups is 1. The number of hydrogen-bond donors (Lipinski definition) is 1. The normalized spacial score (nSPS) is 15.2. The monoisotopic (exact) mass is 253 g/mol. The van der Waals surface area contributed by atoms with E-state index in [2.05, 4.69) is 28.4 Å². The van der Waals surface area contributed by atoms with Crippen molar-refractivity contribution in [2.24, 2.45) is 0 Å². The van der Waals surface area contributed by atoms with Gasteiger partial charge >= 0.3 is 0 Å². The number of nitrogens with zero attached hydrogens (tertiary/aromatic N) is 2. The van der Waals surface area contributed by atoms with Crippen molar-refractivity contribution in [3.05, 3.63) is 59.9 Å². The molecule has 4 nitrogen and oxygen atoms in total. The number of hydrogen-bond acceptors (Lipinski definition) is 2. The van der Waals surface area contributed by atoms with Gasteiger partial charge in [0.05, 0.1) is 11.8 Å². The molecule has 0 spiro atoms. The number of H-pyrrole nitrogens is 1. The lowest BCUT2D eigenvalue weighted by Crippen LogP contribution is -2.34. The van der Waals surface area contributed by atoms with Crippen LogP contribution in [-0.4, -0.2) is 34.1 Å². The van der Waals surface area contributed by atoms with Gasteiger partial charge in [0.2, 0.25) is 0 Å². The van der Waals surface area contributed by atoms with Gasteiger partial charge in [0, 0.05) is 19.3 Å². The summed E-state index contributed by atoms with van der Waals surface area (Å²) in [5.41, 5.74) is 3.19. The van der Waals surface area contributed by atoms with Gasteiger partial charge in [-0.15, -0.1) is 0 Å². The minimum absolute atomic E-state index is 0.0390. The summed E-state index contributed by atoms with van der Waals surface area (Å²) in [6.45, 7) is 1.42. The van der Waals surface area contributed by atoms with Crippen LogP contribution in [0.3, 0.4) is 0 Å². The Morgan fingerprint density at radius 2 is 2.11 bits per heavy atom. The van der Waals surface area contributed by atoms with E-state index >= 15 is 0 Å². The molecule has 0 atom stereocenters. The molecule has 0 fully saturated rings. The highest BCUT2D eigenvalue weighted by Crippen LogP contribution is 2.22. The molecule has 1 aliphatic rings. The average molecular weight is 253 g/mol. The Labute approximate surface area is 111 Å². The molecule has 4 heteroatoms. The van der Waals surface area contributed by atoms with Gasteiger partial charge in [-0.25, -0.2) is 0 Å². The summed E-state index contributed by atoms with van der Waals surface area (Å²) in [7, 11) is 0. The third-order valence-corrected chi connectivity index (χ3v) is 3.39. The highest BCUT2D eigenvalue weighted by atomic mass is 16.2. The van der Waals surface area contributed by atoms with Gasteiger partial charge in [-0.05, 0) is 17.6 Å². The van der Waals surface area contributed by atoms with E-state index in [0.29, 0.717) is 12.1 Å². The summed E-state index contributed by atoms with van der Waals surface area (Å²) in [5, 5.41) is 6.48. The zero-order valence-corrected chi connectivity index (χ0v) is 10.5. The maximum Gasteiger partial charge on any atom is 0.257 e. The topological polar surface area (TPSA) is 49.0 Å². The number of benzene rings is 1. The van der Waals surface area contributed by atoms with Crippen LogP contribution in [0.5, 0.6) is 0 Å². The van der Waals surface area contributed by atoms with Crippen molar-refractivity contribution in [3.8, 4) is 0 Å². The smallest absolute Gasteiger partial charge is 0.257 e. The molecule has 19 heavy (non-hydrogen) atoms. The zero-order valence-electron chi connectivity index (χ0n) is 10.5. The largest absolute Gasteiger partial charge is 0.334 e. The van der Waals surface area contributed by atoms with Crippen LogP contribution in [0.4, 0.5) is 0 Å². The van der Waals surface area contributed by atoms with E-state index in [4.69, 9.17) is 0 Å². The van der Waals surface area contributed by atoms with Gasteiger partial charge in [0.25, 0.3) is 5.91 Å². The van der Waals surface area contributed by atoms with Crippen LogP contribution < -0.4 is 0 Å². The second kappa shape index (κ2) is 5.10. The summed E-state index contributed by atoms with van der Waals surface area (Å²) in [4.78, 5) is 14.0. The summed E-state index contributed by atoms with van der Waals surface area (Å²) in [6, 6.07) is 10.3. The maximum atomic E-state index is 12.1. The molecular formula is C15H15N3O. The Kier molecular flexibility index (Phi) is 3.14. The molecular weight excluding hydrogens is 238 g/mol. The van der Waals surface area contributed by atoms with Crippen molar-refractivity contribution in [3.63, 3.8) is 0 Å². The van der Waals surface area contributed by atoms with Gasteiger partial charge in [-0.2, -0.15) is 5.10 Å². The highest BCUT2D eigenvalue weighted by molar-refractivity contribution is 5.94. The van der Waals surface area contributed by atoms with Gasteiger partial charge in [-0.3, -0.25) is 9.89 Å². The molecule has 2 heterocycles. The Hall–Kier alpha value is -2.36. The molecule has 0 radical (unpaired) electrons. The van der Waals surface area contributed by atoms with E-state index < -0.39 is 0 Å². The second-order valence-corrected chi connectivity index (χ2v) is 4.58. The number of carbonyl (C=O) groups excluding carboxylic acids is 1. The SMILES string of the molecule is O=C(c1cn[nH]c1)N1CC=C(c2ccccc2)CC1. The number of aromatic nitrogens is 2. The molecule has 1 N–H and O–H groups in total. The lowest BCUT2D eigenvalue weighted by atomic mass is 9.99. The first-order valence-electron chi connectivity index (χ1n) is 6.37. The Balaban J connectivity index is 1.72. The van der Waals surface area contributed by atoms with Crippen molar-refractivity contribution >= 4 is 11.5 Å². The Bertz CT molecular complexity index is 587. The zero-order chi connectivity index (χ0) is 13.1. The second-order valence-electron chi connectivity index (χ2n) is 4.58. The first-order valence-corrected chi connectivity index (χ1v) is 6.37. The fraction of sp³-hybridized carbons (Fsp3) is 0.200. The molecule has 1 aromatic carbocycles. The summed E-state index contributed by atoms with van der Waals surface area (Å²) >= 11 is 0. The average Bonchev–Trinajstić information content (AvgIpc) is 3.02. The molecule has 1 aromatic heterocycles. The number of amides is 1. The van der Waals surface area contributed by atoms with Gasteiger partial charge in [0.15, 0.2) is 0 Å². The van der Waals surface area contributed by atoms with E-state index in [1.807, 2.05) is 23.1 Å². The maximum absolute atomic E-state index is 12.1. The lowest BCUT2D eigenvalue weighted by Gasteiger charge is -2.26. The fourth-order valence-corrected chi connectivity index (χ4v) is 2.32. The van der Waals surface area contributed by atoms with Crippen LogP contribution in [0.15, 0.2) is 48.8 Å². The third-order valence-electron chi connectivity index (χ3n) is 3.39. The minimum atomic E-state index is 0.0390. The third kappa shape index (κ3) is 2.42. The predicted molar refractivity (Wildman–Crippen MR) is 73.5 cm³/mol. The first-order chi connectivity index (χ1) is 9.34. The van der Waals surface area contributed by atoms with E-state index in [1.165, 1.54) is 11.1 Å². The molecule has 0 aliphatic carbocycles. The molecule has 1 amide bonds. The van der Waals surface area contributed by atoms with Gasteiger partial charge in [0.1, 0.15) is 0 Å². The molecule has 0 bridgehead atoms. The van der Waals surface area contributed by atoms with E-state index in [9.17, 15) is 4.79 Å². The number of nitrogens with one attached hydrogen (secondary N) is 1. The first kappa shape index (κ1) is 11.7. The standard InChI is InChI=1S/C15H15N3O/c19-15(14-10-16-17-11-14)18-8-6-13(7-9-18)12-4-2-1-3-5-12/h1-6,10-11H,7-9H2,(H,16,17). The Morgan fingerprint density at radius 1 is 1.26 bits per heavy atom. The van der Waals surface area contributed by atoms with Crippen LogP contribution in [0.1, 0.15) is 22.3 Å². The van der Waals surface area contributed by atoms with Crippen LogP contribution in [0.2, 0.25) is 0 Å². The van der Waals surface area contributed by atoms with Crippen LogP contribution in [-0.2, 0) is 0 Å². The Morgan fingerprint density at radius 3 is 2.74 bits per heavy atom. The van der Waals surface area contributed by atoms with E-state index in [1.54, 1.807) is 12.4 Å². The highest BCUT2D eigenvalue weighted by Gasteiger charge is 2.19. The van der Waals surface area contributed by atoms with Crippen molar-refractivity contribution < 1.29 is 4.79 Å². The van der Waals surface area contributed by atoms with Crippen molar-refractivity contribution in [2.45, 2.75) is 6.42 Å². The lowest BCUT2D eigenvalue weighted by molar-refractivity contribution is 0.0773. The summed E-state index contributed by atoms with van der Waals surface area (Å²) < 4.78 is 0. The van der Waals surface area contributed by atoms with Crippen LogP contribution in [0.25, 0.3) is 5.57 Å².